The molecule has 84 valence electrons. The van der Waals surface area contributed by atoms with Gasteiger partial charge in [0, 0.05) is 0 Å². The highest BCUT2D eigenvalue weighted by Crippen LogP contribution is 2.37. The Morgan fingerprint density at radius 3 is 1.81 bits per heavy atom. The highest BCUT2D eigenvalue weighted by atomic mass is 16.7. The van der Waals surface area contributed by atoms with Crippen LogP contribution in [0, 0.1) is 0 Å². The lowest BCUT2D eigenvalue weighted by molar-refractivity contribution is 0.0696. The molecule has 1 heterocycles. The molecule has 0 radical (unpaired) electrons. The lowest BCUT2D eigenvalue weighted by Crippen LogP contribution is -2.04. The van der Waals surface area contributed by atoms with Gasteiger partial charge in [-0.3, -0.25) is 0 Å². The maximum Gasteiger partial charge on any atom is 0.335 e. The van der Waals surface area contributed by atoms with E-state index in [1.807, 2.05) is 0 Å². The van der Waals surface area contributed by atoms with Gasteiger partial charge in [-0.1, -0.05) is 0 Å². The molecule has 0 bridgehead atoms. The Morgan fingerprint density at radius 2 is 1.50 bits per heavy atom. The first-order valence-electron chi connectivity index (χ1n) is 4.44. The fourth-order valence-corrected chi connectivity index (χ4v) is 1.41. The van der Waals surface area contributed by atoms with Crippen LogP contribution in [0.2, 0.25) is 0 Å². The summed E-state index contributed by atoms with van der Waals surface area (Å²) in [6, 6.07) is 3.63. The van der Waals surface area contributed by atoms with Crippen molar-refractivity contribution in [3.05, 3.63) is 34.9 Å². The zero-order valence-corrected chi connectivity index (χ0v) is 7.95. The number of benzene rings is 1. The molecule has 2 rings (SSSR count). The van der Waals surface area contributed by atoms with Gasteiger partial charge in [-0.2, -0.15) is 0 Å². The van der Waals surface area contributed by atoms with Crippen LogP contribution in [0.25, 0.3) is 0 Å². The number of epoxide rings is 1. The van der Waals surface area contributed by atoms with Crippen molar-refractivity contribution in [2.24, 2.45) is 0 Å². The zero-order chi connectivity index (χ0) is 11.9. The van der Waals surface area contributed by atoms with E-state index in [0.717, 1.165) is 6.07 Å². The molecule has 2 atom stereocenters. The topological polar surface area (TPSA) is 107 Å². The molecule has 1 aliphatic heterocycles. The average Bonchev–Trinajstić information content (AvgIpc) is 2.94. The number of hydrogen-bond donors (Lipinski definition) is 3. The largest absolute Gasteiger partial charge is 0.478 e. The molecule has 6 nitrogen and oxygen atoms in total. The second kappa shape index (κ2) is 3.58. The van der Waals surface area contributed by atoms with Gasteiger partial charge in [0.05, 0.1) is 11.1 Å². The lowest BCUT2D eigenvalue weighted by atomic mass is 10.0. The van der Waals surface area contributed by atoms with E-state index in [1.54, 1.807) is 0 Å². The first kappa shape index (κ1) is 10.6. The summed E-state index contributed by atoms with van der Waals surface area (Å²) in [5.41, 5.74) is 0.0694. The molecule has 1 aromatic rings. The molecule has 0 amide bonds. The van der Waals surface area contributed by atoms with Crippen LogP contribution in [0.1, 0.15) is 32.4 Å². The highest BCUT2D eigenvalue weighted by molar-refractivity contribution is 5.94. The summed E-state index contributed by atoms with van der Waals surface area (Å²) >= 11 is 0. The van der Waals surface area contributed by atoms with Gasteiger partial charge < -0.3 is 20.1 Å². The molecule has 1 fully saturated rings. The van der Waals surface area contributed by atoms with E-state index in [-0.39, 0.29) is 11.1 Å². The normalized spacial score (nSPS) is 22.8. The number of aliphatic hydroxyl groups is 1. The summed E-state index contributed by atoms with van der Waals surface area (Å²) in [7, 11) is 0. The summed E-state index contributed by atoms with van der Waals surface area (Å²) < 4.78 is 4.74. The van der Waals surface area contributed by atoms with Crippen molar-refractivity contribution in [2.45, 2.75) is 12.4 Å². The van der Waals surface area contributed by atoms with Crippen LogP contribution >= 0.6 is 0 Å². The fourth-order valence-electron chi connectivity index (χ4n) is 1.41. The summed E-state index contributed by atoms with van der Waals surface area (Å²) in [5.74, 6) is -2.45. The molecule has 0 aliphatic carbocycles. The number of carboxylic acid groups (broad SMARTS) is 2. The van der Waals surface area contributed by atoms with E-state index in [9.17, 15) is 9.59 Å². The van der Waals surface area contributed by atoms with Crippen molar-refractivity contribution < 1.29 is 29.6 Å². The molecule has 0 spiro atoms. The number of aliphatic hydroxyl groups excluding tert-OH is 1. The number of hydrogen-bond acceptors (Lipinski definition) is 4. The van der Waals surface area contributed by atoms with E-state index < -0.39 is 24.3 Å². The van der Waals surface area contributed by atoms with Gasteiger partial charge >= 0.3 is 11.9 Å². The van der Waals surface area contributed by atoms with Crippen LogP contribution in [0.5, 0.6) is 0 Å². The van der Waals surface area contributed by atoms with Gasteiger partial charge in [-0.15, -0.1) is 0 Å². The van der Waals surface area contributed by atoms with Crippen molar-refractivity contribution in [2.75, 3.05) is 0 Å². The number of aromatic carboxylic acids is 2. The Bertz CT molecular complexity index is 434. The molecule has 16 heavy (non-hydrogen) atoms. The predicted molar refractivity (Wildman–Crippen MR) is 50.2 cm³/mol. The maximum atomic E-state index is 10.8. The molecule has 2 unspecified atom stereocenters. The zero-order valence-electron chi connectivity index (χ0n) is 7.95. The standard InChI is InChI=1S/C10H8O6/c11-8(12)5-1-4(7-10(15)16-7)2-6(3-5)9(13)14/h1-3,7,10,15H,(H,11,12)(H,13,14). The molecular weight excluding hydrogens is 216 g/mol. The van der Waals surface area contributed by atoms with Crippen molar-refractivity contribution >= 4 is 11.9 Å². The van der Waals surface area contributed by atoms with Crippen LogP contribution in [0.4, 0.5) is 0 Å². The smallest absolute Gasteiger partial charge is 0.335 e. The minimum atomic E-state index is -1.22. The molecule has 1 aromatic carbocycles. The van der Waals surface area contributed by atoms with E-state index in [4.69, 9.17) is 20.1 Å². The minimum Gasteiger partial charge on any atom is -0.478 e. The van der Waals surface area contributed by atoms with Crippen molar-refractivity contribution in [3.8, 4) is 0 Å². The minimum absolute atomic E-state index is 0.141. The van der Waals surface area contributed by atoms with Crippen LogP contribution in [0.3, 0.4) is 0 Å². The number of rotatable bonds is 3. The third-order valence-electron chi connectivity index (χ3n) is 2.25. The Balaban J connectivity index is 2.45. The summed E-state index contributed by atoms with van der Waals surface area (Å²) in [4.78, 5) is 21.5. The first-order valence-corrected chi connectivity index (χ1v) is 4.44. The van der Waals surface area contributed by atoms with Crippen LogP contribution in [-0.2, 0) is 4.74 Å². The van der Waals surface area contributed by atoms with Gasteiger partial charge in [0.1, 0.15) is 6.10 Å². The van der Waals surface area contributed by atoms with Crippen molar-refractivity contribution in [1.29, 1.82) is 0 Å². The Morgan fingerprint density at radius 1 is 1.06 bits per heavy atom. The fraction of sp³-hybridized carbons (Fsp3) is 0.200. The predicted octanol–water partition coefficient (Wildman–Crippen LogP) is 0.473. The van der Waals surface area contributed by atoms with E-state index in [1.165, 1.54) is 12.1 Å². The Kier molecular flexibility index (Phi) is 2.37. The van der Waals surface area contributed by atoms with Crippen LogP contribution in [-0.4, -0.2) is 33.5 Å². The van der Waals surface area contributed by atoms with Crippen LogP contribution < -0.4 is 0 Å². The molecule has 0 aromatic heterocycles. The third-order valence-corrected chi connectivity index (χ3v) is 2.25. The summed E-state index contributed by atoms with van der Waals surface area (Å²) in [5, 5.41) is 26.6. The molecule has 1 aliphatic rings. The van der Waals surface area contributed by atoms with E-state index in [2.05, 4.69) is 0 Å². The molecule has 6 heteroatoms. The quantitative estimate of drug-likeness (QED) is 0.644. The van der Waals surface area contributed by atoms with Crippen molar-refractivity contribution in [3.63, 3.8) is 0 Å². The monoisotopic (exact) mass is 224 g/mol. The van der Waals surface area contributed by atoms with Crippen molar-refractivity contribution in [1.82, 2.24) is 0 Å². The SMILES string of the molecule is O=C(O)c1cc(C(=O)O)cc(C2OC2O)c1. The lowest BCUT2D eigenvalue weighted by Gasteiger charge is -2.02. The Hall–Kier alpha value is -1.92. The number of ether oxygens (including phenoxy) is 1. The summed E-state index contributed by atoms with van der Waals surface area (Å²) in [6.07, 6.45) is -1.61. The van der Waals surface area contributed by atoms with Gasteiger partial charge in [0.25, 0.3) is 0 Å². The maximum absolute atomic E-state index is 10.8. The van der Waals surface area contributed by atoms with Gasteiger partial charge in [-0.05, 0) is 23.8 Å². The second-order valence-corrected chi connectivity index (χ2v) is 3.40. The van der Waals surface area contributed by atoms with E-state index in [0.29, 0.717) is 5.56 Å². The molecular formula is C10H8O6. The Labute approximate surface area is 89.7 Å². The van der Waals surface area contributed by atoms with E-state index >= 15 is 0 Å². The highest BCUT2D eigenvalue weighted by Gasteiger charge is 2.39. The molecule has 1 saturated heterocycles. The van der Waals surface area contributed by atoms with Gasteiger partial charge in [-0.25, -0.2) is 9.59 Å². The number of carboxylic acids is 2. The number of carbonyl (C=O) groups is 2. The van der Waals surface area contributed by atoms with Gasteiger partial charge in [0.2, 0.25) is 0 Å². The third kappa shape index (κ3) is 1.88. The molecule has 3 N–H and O–H groups in total. The second-order valence-electron chi connectivity index (χ2n) is 3.40. The average molecular weight is 224 g/mol. The molecule has 0 saturated carbocycles. The first-order chi connectivity index (χ1) is 7.49. The van der Waals surface area contributed by atoms with Gasteiger partial charge in [0.15, 0.2) is 6.29 Å². The summed E-state index contributed by atoms with van der Waals surface area (Å²) in [6.45, 7) is 0. The van der Waals surface area contributed by atoms with Crippen LogP contribution in [0.15, 0.2) is 18.2 Å².